The second-order valence-electron chi connectivity index (χ2n) is 6.20. The van der Waals surface area contributed by atoms with Gasteiger partial charge in [0.1, 0.15) is 5.75 Å². The highest BCUT2D eigenvalue weighted by molar-refractivity contribution is 6.10. The molecule has 134 valence electrons. The highest BCUT2D eigenvalue weighted by Gasteiger charge is 2.13. The molecule has 0 saturated carbocycles. The van der Waals surface area contributed by atoms with Crippen LogP contribution in [0.3, 0.4) is 0 Å². The number of para-hydroxylation sites is 1. The van der Waals surface area contributed by atoms with Gasteiger partial charge in [0.2, 0.25) is 0 Å². The SMILES string of the molecule is C#C/C(=C\c1cc(C)n(-c2cccc(O)c2)c1C)C(=O)Nc1ccccc1. The van der Waals surface area contributed by atoms with Gasteiger partial charge in [0.25, 0.3) is 5.91 Å². The number of phenols is 1. The standard InChI is InChI=1S/C23H20N2O2/c1-4-18(23(27)24-20-9-6-5-7-10-20)14-19-13-16(2)25(17(19)3)21-11-8-12-22(26)15-21/h1,5-15,26H,2-3H3,(H,24,27)/b18-14+. The van der Waals surface area contributed by atoms with Gasteiger partial charge in [-0.1, -0.05) is 30.2 Å². The van der Waals surface area contributed by atoms with E-state index in [1.54, 1.807) is 36.4 Å². The predicted octanol–water partition coefficient (Wildman–Crippen LogP) is 4.46. The van der Waals surface area contributed by atoms with E-state index >= 15 is 0 Å². The summed E-state index contributed by atoms with van der Waals surface area (Å²) in [4.78, 5) is 12.5. The van der Waals surface area contributed by atoms with Crippen molar-refractivity contribution in [3.63, 3.8) is 0 Å². The average molecular weight is 356 g/mol. The molecule has 1 amide bonds. The van der Waals surface area contributed by atoms with E-state index < -0.39 is 0 Å². The lowest BCUT2D eigenvalue weighted by Gasteiger charge is -2.10. The molecule has 27 heavy (non-hydrogen) atoms. The van der Waals surface area contributed by atoms with Gasteiger partial charge in [-0.2, -0.15) is 0 Å². The lowest BCUT2D eigenvalue weighted by atomic mass is 10.1. The zero-order valence-electron chi connectivity index (χ0n) is 15.2. The third-order valence-electron chi connectivity index (χ3n) is 4.29. The molecule has 0 saturated heterocycles. The Hall–Kier alpha value is -3.71. The number of terminal acetylenes is 1. The Labute approximate surface area is 158 Å². The number of nitrogens with zero attached hydrogens (tertiary/aromatic N) is 1. The fourth-order valence-corrected chi connectivity index (χ4v) is 3.01. The van der Waals surface area contributed by atoms with E-state index in [9.17, 15) is 9.90 Å². The molecule has 3 aromatic rings. The lowest BCUT2D eigenvalue weighted by molar-refractivity contribution is -0.112. The van der Waals surface area contributed by atoms with Crippen molar-refractivity contribution in [3.05, 3.63) is 83.2 Å². The number of phenolic OH excluding ortho intramolecular Hbond substituents is 1. The number of carbonyl (C=O) groups excluding carboxylic acids is 1. The maximum atomic E-state index is 12.5. The number of carbonyl (C=O) groups is 1. The van der Waals surface area contributed by atoms with Gasteiger partial charge < -0.3 is 15.0 Å². The Kier molecular flexibility index (Phi) is 5.14. The molecule has 0 atom stereocenters. The largest absolute Gasteiger partial charge is 0.508 e. The molecule has 0 bridgehead atoms. The molecule has 0 aliphatic rings. The quantitative estimate of drug-likeness (QED) is 0.536. The van der Waals surface area contributed by atoms with E-state index in [0.717, 1.165) is 22.6 Å². The second kappa shape index (κ2) is 7.67. The molecule has 0 aliphatic heterocycles. The van der Waals surface area contributed by atoms with Gasteiger partial charge >= 0.3 is 0 Å². The molecule has 0 unspecified atom stereocenters. The number of aromatic nitrogens is 1. The third-order valence-corrected chi connectivity index (χ3v) is 4.29. The number of anilines is 1. The van der Waals surface area contributed by atoms with Crippen LogP contribution in [-0.4, -0.2) is 15.6 Å². The molecule has 0 radical (unpaired) electrons. The molecular formula is C23H20N2O2. The number of aromatic hydroxyl groups is 1. The van der Waals surface area contributed by atoms with Gasteiger partial charge in [-0.25, -0.2) is 0 Å². The van der Waals surface area contributed by atoms with E-state index in [1.807, 2.05) is 48.7 Å². The predicted molar refractivity (Wildman–Crippen MR) is 109 cm³/mol. The highest BCUT2D eigenvalue weighted by Crippen LogP contribution is 2.25. The van der Waals surface area contributed by atoms with Crippen molar-refractivity contribution in [1.82, 2.24) is 4.57 Å². The number of hydrogen-bond donors (Lipinski definition) is 2. The lowest BCUT2D eigenvalue weighted by Crippen LogP contribution is -2.13. The van der Waals surface area contributed by atoms with E-state index in [0.29, 0.717) is 5.69 Å². The summed E-state index contributed by atoms with van der Waals surface area (Å²) < 4.78 is 2.01. The number of nitrogens with one attached hydrogen (secondary N) is 1. The number of rotatable bonds is 4. The summed E-state index contributed by atoms with van der Waals surface area (Å²) in [6.45, 7) is 3.92. The smallest absolute Gasteiger partial charge is 0.264 e. The number of benzene rings is 2. The number of hydrogen-bond acceptors (Lipinski definition) is 2. The Morgan fingerprint density at radius 1 is 1.11 bits per heavy atom. The van der Waals surface area contributed by atoms with Crippen molar-refractivity contribution in [1.29, 1.82) is 0 Å². The minimum atomic E-state index is -0.328. The first-order chi connectivity index (χ1) is 13.0. The second-order valence-corrected chi connectivity index (χ2v) is 6.20. The Morgan fingerprint density at radius 2 is 1.85 bits per heavy atom. The van der Waals surface area contributed by atoms with Crippen LogP contribution in [0.25, 0.3) is 11.8 Å². The van der Waals surface area contributed by atoms with Gasteiger partial charge in [0.15, 0.2) is 0 Å². The van der Waals surface area contributed by atoms with Crippen LogP contribution in [0.4, 0.5) is 5.69 Å². The first-order valence-electron chi connectivity index (χ1n) is 8.52. The fraction of sp³-hybridized carbons (Fsp3) is 0.0870. The summed E-state index contributed by atoms with van der Waals surface area (Å²) in [7, 11) is 0. The molecule has 0 spiro atoms. The minimum Gasteiger partial charge on any atom is -0.508 e. The highest BCUT2D eigenvalue weighted by atomic mass is 16.3. The summed E-state index contributed by atoms with van der Waals surface area (Å²) >= 11 is 0. The zero-order valence-corrected chi connectivity index (χ0v) is 15.2. The number of amides is 1. The monoisotopic (exact) mass is 356 g/mol. The minimum absolute atomic E-state index is 0.198. The van der Waals surface area contributed by atoms with Crippen molar-refractivity contribution in [3.8, 4) is 23.8 Å². The molecule has 0 fully saturated rings. The maximum Gasteiger partial charge on any atom is 0.264 e. The molecule has 1 aromatic heterocycles. The van der Waals surface area contributed by atoms with Crippen molar-refractivity contribution < 1.29 is 9.90 Å². The van der Waals surface area contributed by atoms with Gasteiger partial charge in [-0.3, -0.25) is 4.79 Å². The summed E-state index contributed by atoms with van der Waals surface area (Å²) in [5.74, 6) is 2.35. The van der Waals surface area contributed by atoms with Crippen LogP contribution in [0.2, 0.25) is 0 Å². The zero-order chi connectivity index (χ0) is 19.4. The van der Waals surface area contributed by atoms with E-state index in [1.165, 1.54) is 0 Å². The van der Waals surface area contributed by atoms with Gasteiger partial charge in [0.05, 0.1) is 5.57 Å². The van der Waals surface area contributed by atoms with E-state index in [-0.39, 0.29) is 17.2 Å². The Bertz CT molecular complexity index is 1050. The first-order valence-corrected chi connectivity index (χ1v) is 8.52. The van der Waals surface area contributed by atoms with E-state index in [4.69, 9.17) is 6.42 Å². The molecule has 4 nitrogen and oxygen atoms in total. The summed E-state index contributed by atoms with van der Waals surface area (Å²) in [6, 6.07) is 18.2. The Balaban J connectivity index is 1.95. The summed E-state index contributed by atoms with van der Waals surface area (Å²) in [6.07, 6.45) is 7.29. The molecule has 0 aliphatic carbocycles. The summed E-state index contributed by atoms with van der Waals surface area (Å²) in [5.41, 5.74) is 4.54. The molecule has 4 heteroatoms. The van der Waals surface area contributed by atoms with Crippen LogP contribution in [0, 0.1) is 26.2 Å². The average Bonchev–Trinajstić information content (AvgIpc) is 2.93. The van der Waals surface area contributed by atoms with Crippen LogP contribution in [-0.2, 0) is 4.79 Å². The van der Waals surface area contributed by atoms with E-state index in [2.05, 4.69) is 11.2 Å². The third kappa shape index (κ3) is 3.94. The Morgan fingerprint density at radius 3 is 2.52 bits per heavy atom. The van der Waals surface area contributed by atoms with Crippen LogP contribution >= 0.6 is 0 Å². The molecule has 2 N–H and O–H groups in total. The van der Waals surface area contributed by atoms with Gasteiger partial charge in [-0.15, -0.1) is 6.42 Å². The van der Waals surface area contributed by atoms with Gasteiger partial charge in [-0.05, 0) is 55.8 Å². The van der Waals surface area contributed by atoms with Crippen molar-refractivity contribution in [2.75, 3.05) is 5.32 Å². The first kappa shape index (κ1) is 18.1. The van der Waals surface area contributed by atoms with Crippen LogP contribution in [0.15, 0.2) is 66.2 Å². The van der Waals surface area contributed by atoms with Gasteiger partial charge in [0, 0.05) is 28.8 Å². The molecule has 2 aromatic carbocycles. The van der Waals surface area contributed by atoms with Crippen LogP contribution < -0.4 is 5.32 Å². The molecule has 1 heterocycles. The van der Waals surface area contributed by atoms with Crippen molar-refractivity contribution in [2.45, 2.75) is 13.8 Å². The van der Waals surface area contributed by atoms with Crippen LogP contribution in [0.1, 0.15) is 17.0 Å². The molecule has 3 rings (SSSR count). The van der Waals surface area contributed by atoms with Crippen molar-refractivity contribution in [2.24, 2.45) is 0 Å². The van der Waals surface area contributed by atoms with Crippen LogP contribution in [0.5, 0.6) is 5.75 Å². The maximum absolute atomic E-state index is 12.5. The summed E-state index contributed by atoms with van der Waals surface area (Å²) in [5, 5.41) is 12.6. The normalized spacial score (nSPS) is 11.1. The topological polar surface area (TPSA) is 54.3 Å². The number of aryl methyl sites for hydroxylation is 1. The van der Waals surface area contributed by atoms with Crippen molar-refractivity contribution >= 4 is 17.7 Å². The molecular weight excluding hydrogens is 336 g/mol. The fourth-order valence-electron chi connectivity index (χ4n) is 3.01.